The Morgan fingerprint density at radius 3 is 1.52 bits per heavy atom. The second kappa shape index (κ2) is 7.61. The minimum Gasteiger partial charge on any atom is -0.526 e. The first kappa shape index (κ1) is 16.0. The van der Waals surface area contributed by atoms with E-state index in [1.165, 1.54) is 0 Å². The lowest BCUT2D eigenvalue weighted by Crippen LogP contribution is -2.12. The van der Waals surface area contributed by atoms with E-state index in [-0.39, 0.29) is 7.69 Å². The monoisotopic (exact) mass is 414 g/mol. The molecule has 0 atom stereocenters. The molecule has 0 aliphatic heterocycles. The van der Waals surface area contributed by atoms with Gasteiger partial charge in [0.2, 0.25) is 0 Å². The molecule has 110 valence electrons. The Balaban J connectivity index is 2.05. The summed E-state index contributed by atoms with van der Waals surface area (Å²) in [6.45, 7) is 0. The van der Waals surface area contributed by atoms with Gasteiger partial charge in [0.1, 0.15) is 11.5 Å². The molecule has 0 saturated heterocycles. The van der Waals surface area contributed by atoms with Gasteiger partial charge in [-0.3, -0.25) is 0 Å². The Morgan fingerprint density at radius 1 is 0.714 bits per heavy atom. The first-order valence-corrected chi connectivity index (χ1v) is 7.65. The van der Waals surface area contributed by atoms with Crippen molar-refractivity contribution in [3.8, 4) is 23.0 Å². The van der Waals surface area contributed by atoms with Crippen LogP contribution in [0.1, 0.15) is 0 Å². The number of halogens is 2. The average Bonchev–Trinajstić information content (AvgIpc) is 2.48. The predicted molar refractivity (Wildman–Crippen MR) is 89.8 cm³/mol. The van der Waals surface area contributed by atoms with Crippen molar-refractivity contribution in [3.05, 3.63) is 45.3 Å². The van der Waals surface area contributed by atoms with Crippen molar-refractivity contribution in [2.45, 2.75) is 0 Å². The summed E-state index contributed by atoms with van der Waals surface area (Å²) in [6, 6.07) is 11.0. The summed E-state index contributed by atoms with van der Waals surface area (Å²) in [6.07, 6.45) is 0. The van der Waals surface area contributed by atoms with E-state index in [0.717, 1.165) is 8.95 Å². The molecule has 0 amide bonds. The fourth-order valence-corrected chi connectivity index (χ4v) is 2.36. The number of hydrogen-bond donors (Lipinski definition) is 0. The van der Waals surface area contributed by atoms with E-state index in [1.807, 2.05) is 36.4 Å². The quantitative estimate of drug-likeness (QED) is 0.669. The second-order valence-electron chi connectivity index (χ2n) is 4.00. The molecule has 21 heavy (non-hydrogen) atoms. The Morgan fingerprint density at radius 2 is 1.14 bits per heavy atom. The molecule has 0 spiro atoms. The molecule has 2 rings (SSSR count). The van der Waals surface area contributed by atoms with Gasteiger partial charge in [0.25, 0.3) is 0 Å². The highest BCUT2D eigenvalue weighted by molar-refractivity contribution is 9.10. The van der Waals surface area contributed by atoms with E-state index >= 15 is 0 Å². The molecular weight excluding hydrogens is 403 g/mol. The Kier molecular flexibility index (Phi) is 5.81. The van der Waals surface area contributed by atoms with E-state index in [2.05, 4.69) is 31.9 Å². The van der Waals surface area contributed by atoms with Gasteiger partial charge >= 0.3 is 7.69 Å². The molecule has 0 bridgehead atoms. The predicted octanol–water partition coefficient (Wildman–Crippen LogP) is 3.95. The standard InChI is InChI=1S/C14H13BBr2O4/c1-18-11-5-3-9(16)7-13(11)20-15-21-14-8-10(17)4-6-12(14)19-2/h3-8,15H,1-2H3. The molecule has 0 heterocycles. The Bertz CT molecular complexity index is 568. The van der Waals surface area contributed by atoms with Crippen molar-refractivity contribution in [1.29, 1.82) is 0 Å². The third-order valence-corrected chi connectivity index (χ3v) is 3.67. The lowest BCUT2D eigenvalue weighted by Gasteiger charge is -2.13. The normalized spacial score (nSPS) is 9.90. The minimum atomic E-state index is 0.0413. The topological polar surface area (TPSA) is 36.9 Å². The van der Waals surface area contributed by atoms with Crippen LogP contribution in [0.4, 0.5) is 0 Å². The summed E-state index contributed by atoms with van der Waals surface area (Å²) in [5.74, 6) is 2.48. The van der Waals surface area contributed by atoms with Crippen molar-refractivity contribution in [2.24, 2.45) is 0 Å². The van der Waals surface area contributed by atoms with Gasteiger partial charge in [-0.25, -0.2) is 0 Å². The van der Waals surface area contributed by atoms with Crippen molar-refractivity contribution < 1.29 is 18.8 Å². The molecule has 2 aromatic rings. The Labute approximate surface area is 140 Å². The summed E-state index contributed by atoms with van der Waals surface area (Å²) in [5, 5.41) is 0. The van der Waals surface area contributed by atoms with E-state index in [1.54, 1.807) is 14.2 Å². The lowest BCUT2D eigenvalue weighted by atomic mass is 10.2. The highest BCUT2D eigenvalue weighted by Crippen LogP contribution is 2.32. The van der Waals surface area contributed by atoms with Gasteiger partial charge in [0.05, 0.1) is 14.2 Å². The molecular formula is C14H13BBr2O4. The summed E-state index contributed by atoms with van der Waals surface area (Å²) in [7, 11) is 3.22. The van der Waals surface area contributed by atoms with Crippen LogP contribution in [0.2, 0.25) is 0 Å². The molecule has 7 heteroatoms. The number of benzene rings is 2. The first-order chi connectivity index (χ1) is 10.1. The van der Waals surface area contributed by atoms with Gasteiger partial charge < -0.3 is 18.8 Å². The molecule has 0 aliphatic rings. The van der Waals surface area contributed by atoms with Crippen molar-refractivity contribution in [3.63, 3.8) is 0 Å². The smallest absolute Gasteiger partial charge is 0.526 e. The minimum absolute atomic E-state index is 0.0413. The van der Waals surface area contributed by atoms with Crippen LogP contribution in [-0.4, -0.2) is 21.9 Å². The molecule has 0 radical (unpaired) electrons. The number of hydrogen-bond acceptors (Lipinski definition) is 4. The maximum atomic E-state index is 5.60. The zero-order valence-electron chi connectivity index (χ0n) is 11.6. The molecule has 2 aromatic carbocycles. The lowest BCUT2D eigenvalue weighted by molar-refractivity contribution is 0.370. The van der Waals surface area contributed by atoms with Crippen LogP contribution in [0.3, 0.4) is 0 Å². The molecule has 0 N–H and O–H groups in total. The summed E-state index contributed by atoms with van der Waals surface area (Å²) < 4.78 is 23.5. The summed E-state index contributed by atoms with van der Waals surface area (Å²) >= 11 is 6.78. The maximum Gasteiger partial charge on any atom is 0.576 e. The van der Waals surface area contributed by atoms with Gasteiger partial charge in [0, 0.05) is 8.95 Å². The highest BCUT2D eigenvalue weighted by Gasteiger charge is 2.10. The van der Waals surface area contributed by atoms with Gasteiger partial charge in [-0.05, 0) is 36.4 Å². The maximum absolute atomic E-state index is 5.60. The first-order valence-electron chi connectivity index (χ1n) is 6.06. The molecule has 0 unspecified atom stereocenters. The van der Waals surface area contributed by atoms with E-state index < -0.39 is 0 Å². The Hall–Kier alpha value is -1.34. The van der Waals surface area contributed by atoms with E-state index in [9.17, 15) is 0 Å². The van der Waals surface area contributed by atoms with Crippen molar-refractivity contribution >= 4 is 39.5 Å². The number of ether oxygens (including phenoxy) is 2. The van der Waals surface area contributed by atoms with Gasteiger partial charge in [-0.15, -0.1) is 0 Å². The van der Waals surface area contributed by atoms with Crippen LogP contribution >= 0.6 is 31.9 Å². The van der Waals surface area contributed by atoms with Crippen LogP contribution in [0, 0.1) is 0 Å². The third-order valence-electron chi connectivity index (χ3n) is 2.68. The van der Waals surface area contributed by atoms with E-state index in [4.69, 9.17) is 18.8 Å². The van der Waals surface area contributed by atoms with Crippen LogP contribution in [0.5, 0.6) is 23.0 Å². The molecule has 0 aliphatic carbocycles. The zero-order valence-corrected chi connectivity index (χ0v) is 14.7. The number of methoxy groups -OCH3 is 2. The van der Waals surface area contributed by atoms with Crippen LogP contribution in [0.25, 0.3) is 0 Å². The molecule has 4 nitrogen and oxygen atoms in total. The average molecular weight is 416 g/mol. The molecule has 0 fully saturated rings. The summed E-state index contributed by atoms with van der Waals surface area (Å²) in [4.78, 5) is 0. The van der Waals surface area contributed by atoms with Crippen molar-refractivity contribution in [2.75, 3.05) is 14.2 Å². The van der Waals surface area contributed by atoms with Crippen molar-refractivity contribution in [1.82, 2.24) is 0 Å². The largest absolute Gasteiger partial charge is 0.576 e. The van der Waals surface area contributed by atoms with Crippen LogP contribution in [0.15, 0.2) is 45.3 Å². The van der Waals surface area contributed by atoms with Gasteiger partial charge in [-0.1, -0.05) is 31.9 Å². The second-order valence-corrected chi connectivity index (χ2v) is 5.83. The van der Waals surface area contributed by atoms with E-state index in [0.29, 0.717) is 23.0 Å². The zero-order chi connectivity index (χ0) is 15.2. The van der Waals surface area contributed by atoms with Gasteiger partial charge in [-0.2, -0.15) is 0 Å². The van der Waals surface area contributed by atoms with Crippen LogP contribution < -0.4 is 18.8 Å². The fourth-order valence-electron chi connectivity index (χ4n) is 1.68. The molecule has 0 saturated carbocycles. The highest BCUT2D eigenvalue weighted by atomic mass is 79.9. The SMILES string of the molecule is COc1ccc(Br)cc1OBOc1cc(Br)ccc1OC. The van der Waals surface area contributed by atoms with Crippen LogP contribution in [-0.2, 0) is 0 Å². The summed E-state index contributed by atoms with van der Waals surface area (Å²) in [5.41, 5.74) is 0. The fraction of sp³-hybridized carbons (Fsp3) is 0.143. The molecule has 0 aromatic heterocycles. The number of rotatable bonds is 6. The van der Waals surface area contributed by atoms with Gasteiger partial charge in [0.15, 0.2) is 11.5 Å². The third kappa shape index (κ3) is 4.31.